The topological polar surface area (TPSA) is 86.5 Å². The molecule has 6 nitrogen and oxygen atoms in total. The van der Waals surface area contributed by atoms with Gasteiger partial charge in [0.25, 0.3) is 5.69 Å². The highest BCUT2D eigenvalue weighted by atomic mass is 16.6. The number of nitrogens with zero attached hydrogens (tertiary/aromatic N) is 1. The molecule has 0 spiro atoms. The number of esters is 1. The quantitative estimate of drug-likeness (QED) is 0.366. The van der Waals surface area contributed by atoms with Crippen LogP contribution in [0.4, 0.5) is 5.69 Å². The molecule has 2 aromatic rings. The molecule has 0 N–H and O–H groups in total. The number of nitro groups is 1. The van der Waals surface area contributed by atoms with E-state index in [4.69, 9.17) is 4.74 Å². The maximum atomic E-state index is 12.1. The lowest BCUT2D eigenvalue weighted by atomic mass is 10.1. The minimum atomic E-state index is -1.03. The zero-order chi connectivity index (χ0) is 16.1. The summed E-state index contributed by atoms with van der Waals surface area (Å²) < 4.78 is 5.05. The summed E-state index contributed by atoms with van der Waals surface area (Å²) in [7, 11) is 0. The first-order valence-electron chi connectivity index (χ1n) is 6.54. The fourth-order valence-corrected chi connectivity index (χ4v) is 1.92. The van der Waals surface area contributed by atoms with Crippen LogP contribution in [-0.2, 0) is 4.74 Å². The van der Waals surface area contributed by atoms with Gasteiger partial charge in [-0.1, -0.05) is 42.5 Å². The lowest BCUT2D eigenvalue weighted by Gasteiger charge is -2.12. The molecule has 0 saturated heterocycles. The van der Waals surface area contributed by atoms with E-state index in [1.165, 1.54) is 31.2 Å². The highest BCUT2D eigenvalue weighted by Crippen LogP contribution is 2.19. The first-order chi connectivity index (χ1) is 10.5. The van der Waals surface area contributed by atoms with Gasteiger partial charge in [-0.25, -0.2) is 4.79 Å². The van der Waals surface area contributed by atoms with Gasteiger partial charge in [0, 0.05) is 11.6 Å². The molecular weight excluding hydrogens is 286 g/mol. The van der Waals surface area contributed by atoms with E-state index in [0.29, 0.717) is 5.56 Å². The molecule has 0 unspecified atom stereocenters. The number of nitro benzene ring substituents is 1. The SMILES string of the molecule is C[C@@H](OC(=O)c1ccccc1[N+](=O)[O-])C(=O)c1ccccc1. The van der Waals surface area contributed by atoms with Crippen molar-refractivity contribution in [2.75, 3.05) is 0 Å². The maximum absolute atomic E-state index is 12.1. The van der Waals surface area contributed by atoms with Gasteiger partial charge in [0.15, 0.2) is 6.10 Å². The number of para-hydroxylation sites is 1. The average molecular weight is 299 g/mol. The van der Waals surface area contributed by atoms with Gasteiger partial charge < -0.3 is 4.74 Å². The van der Waals surface area contributed by atoms with E-state index in [0.717, 1.165) is 0 Å². The molecule has 0 saturated carbocycles. The monoisotopic (exact) mass is 299 g/mol. The molecule has 0 aliphatic heterocycles. The molecule has 0 aliphatic rings. The second kappa shape index (κ2) is 6.62. The average Bonchev–Trinajstić information content (AvgIpc) is 2.54. The van der Waals surface area contributed by atoms with Gasteiger partial charge in [-0.2, -0.15) is 0 Å². The smallest absolute Gasteiger partial charge is 0.345 e. The van der Waals surface area contributed by atoms with Crippen molar-refractivity contribution in [3.05, 3.63) is 75.8 Å². The van der Waals surface area contributed by atoms with Gasteiger partial charge in [0.1, 0.15) is 5.56 Å². The van der Waals surface area contributed by atoms with Gasteiger partial charge in [-0.15, -0.1) is 0 Å². The first-order valence-corrected chi connectivity index (χ1v) is 6.54. The molecule has 1 atom stereocenters. The summed E-state index contributed by atoms with van der Waals surface area (Å²) >= 11 is 0. The Morgan fingerprint density at radius 3 is 2.27 bits per heavy atom. The molecule has 0 amide bonds. The predicted octanol–water partition coefficient (Wildman–Crippen LogP) is 3.02. The van der Waals surface area contributed by atoms with E-state index in [9.17, 15) is 19.7 Å². The molecule has 22 heavy (non-hydrogen) atoms. The number of rotatable bonds is 5. The fraction of sp³-hybridized carbons (Fsp3) is 0.125. The summed E-state index contributed by atoms with van der Waals surface area (Å²) in [6.45, 7) is 1.43. The van der Waals surface area contributed by atoms with Crippen molar-refractivity contribution in [1.82, 2.24) is 0 Å². The van der Waals surface area contributed by atoms with E-state index in [1.807, 2.05) is 0 Å². The van der Waals surface area contributed by atoms with Crippen molar-refractivity contribution >= 4 is 17.4 Å². The normalized spacial score (nSPS) is 11.5. The van der Waals surface area contributed by atoms with Gasteiger partial charge in [0.05, 0.1) is 4.92 Å². The lowest BCUT2D eigenvalue weighted by Crippen LogP contribution is -2.24. The highest BCUT2D eigenvalue weighted by Gasteiger charge is 2.25. The van der Waals surface area contributed by atoms with E-state index >= 15 is 0 Å². The largest absolute Gasteiger partial charge is 0.450 e. The minimum Gasteiger partial charge on any atom is -0.450 e. The molecule has 2 aromatic carbocycles. The summed E-state index contributed by atoms with van der Waals surface area (Å²) in [6.07, 6.45) is -1.03. The minimum absolute atomic E-state index is 0.180. The molecule has 0 bridgehead atoms. The Bertz CT molecular complexity index is 711. The van der Waals surface area contributed by atoms with Crippen LogP contribution in [0.3, 0.4) is 0 Å². The third kappa shape index (κ3) is 3.35. The van der Waals surface area contributed by atoms with Crippen molar-refractivity contribution < 1.29 is 19.2 Å². The third-order valence-electron chi connectivity index (χ3n) is 3.03. The second-order valence-electron chi connectivity index (χ2n) is 4.55. The summed E-state index contributed by atoms with van der Waals surface area (Å²) in [5.74, 6) is -1.27. The van der Waals surface area contributed by atoms with Crippen LogP contribution < -0.4 is 0 Å². The summed E-state index contributed by atoms with van der Waals surface area (Å²) in [5.41, 5.74) is -0.127. The Morgan fingerprint density at radius 2 is 1.64 bits per heavy atom. The fourth-order valence-electron chi connectivity index (χ4n) is 1.92. The van der Waals surface area contributed by atoms with Crippen molar-refractivity contribution in [3.63, 3.8) is 0 Å². The van der Waals surface area contributed by atoms with Crippen LogP contribution in [0.5, 0.6) is 0 Å². The summed E-state index contributed by atoms with van der Waals surface area (Å²) in [6, 6.07) is 13.8. The first kappa shape index (κ1) is 15.4. The zero-order valence-electron chi connectivity index (χ0n) is 11.8. The predicted molar refractivity (Wildman–Crippen MR) is 78.7 cm³/mol. The molecule has 6 heteroatoms. The highest BCUT2D eigenvalue weighted by molar-refractivity contribution is 6.02. The Hall–Kier alpha value is -3.02. The van der Waals surface area contributed by atoms with Crippen LogP contribution in [0.1, 0.15) is 27.6 Å². The summed E-state index contributed by atoms with van der Waals surface area (Å²) in [5, 5.41) is 10.9. The van der Waals surface area contributed by atoms with Crippen LogP contribution in [0, 0.1) is 10.1 Å². The van der Waals surface area contributed by atoms with Crippen LogP contribution in [0.2, 0.25) is 0 Å². The second-order valence-corrected chi connectivity index (χ2v) is 4.55. The zero-order valence-corrected chi connectivity index (χ0v) is 11.8. The molecule has 0 aliphatic carbocycles. The van der Waals surface area contributed by atoms with Crippen molar-refractivity contribution in [2.24, 2.45) is 0 Å². The summed E-state index contributed by atoms with van der Waals surface area (Å²) in [4.78, 5) is 34.4. The van der Waals surface area contributed by atoms with Gasteiger partial charge in [-0.3, -0.25) is 14.9 Å². The number of hydrogen-bond acceptors (Lipinski definition) is 5. The number of hydrogen-bond donors (Lipinski definition) is 0. The van der Waals surface area contributed by atoms with Gasteiger partial charge >= 0.3 is 5.97 Å². The Morgan fingerprint density at radius 1 is 1.05 bits per heavy atom. The Kier molecular flexibility index (Phi) is 4.63. The molecule has 0 radical (unpaired) electrons. The molecule has 112 valence electrons. The number of ketones is 1. The number of carbonyl (C=O) groups is 2. The van der Waals surface area contributed by atoms with E-state index in [2.05, 4.69) is 0 Å². The maximum Gasteiger partial charge on any atom is 0.345 e. The number of ether oxygens (including phenoxy) is 1. The molecule has 0 aromatic heterocycles. The van der Waals surface area contributed by atoms with E-state index in [1.54, 1.807) is 30.3 Å². The number of Topliss-reactive ketones (excluding diaryl/α,β-unsaturated/α-hetero) is 1. The van der Waals surface area contributed by atoms with Crippen LogP contribution in [0.15, 0.2) is 54.6 Å². The van der Waals surface area contributed by atoms with Crippen LogP contribution in [-0.4, -0.2) is 22.8 Å². The van der Waals surface area contributed by atoms with Crippen molar-refractivity contribution in [3.8, 4) is 0 Å². The van der Waals surface area contributed by atoms with Crippen LogP contribution in [0.25, 0.3) is 0 Å². The third-order valence-corrected chi connectivity index (χ3v) is 3.03. The molecule has 2 rings (SSSR count). The van der Waals surface area contributed by atoms with E-state index in [-0.39, 0.29) is 17.0 Å². The van der Waals surface area contributed by atoms with Crippen LogP contribution >= 0.6 is 0 Å². The van der Waals surface area contributed by atoms with Crippen molar-refractivity contribution in [2.45, 2.75) is 13.0 Å². The van der Waals surface area contributed by atoms with Gasteiger partial charge in [-0.05, 0) is 13.0 Å². The standard InChI is InChI=1S/C16H13NO5/c1-11(15(18)12-7-3-2-4-8-12)22-16(19)13-9-5-6-10-14(13)17(20)21/h2-11H,1H3/t11-/m1/s1. The number of benzene rings is 2. The molecule has 0 heterocycles. The lowest BCUT2D eigenvalue weighted by molar-refractivity contribution is -0.385. The molecular formula is C16H13NO5. The number of carbonyl (C=O) groups excluding carboxylic acids is 2. The Labute approximate surface area is 126 Å². The van der Waals surface area contributed by atoms with Gasteiger partial charge in [0.2, 0.25) is 5.78 Å². The van der Waals surface area contributed by atoms with Crippen molar-refractivity contribution in [1.29, 1.82) is 0 Å². The Balaban J connectivity index is 2.16. The van der Waals surface area contributed by atoms with E-state index < -0.39 is 17.0 Å². The molecule has 0 fully saturated rings.